The Morgan fingerprint density at radius 2 is 2.06 bits per heavy atom. The molecule has 0 bridgehead atoms. The van der Waals surface area contributed by atoms with E-state index in [-0.39, 0.29) is 23.7 Å². The molecule has 0 N–H and O–H groups in total. The van der Waals surface area contributed by atoms with Gasteiger partial charge in [0, 0.05) is 55.2 Å². The third-order valence-corrected chi connectivity index (χ3v) is 6.94. The number of anilines is 2. The number of rotatable bonds is 4. The van der Waals surface area contributed by atoms with Crippen molar-refractivity contribution < 1.29 is 9.59 Å². The van der Waals surface area contributed by atoms with Crippen LogP contribution < -0.4 is 9.80 Å². The lowest BCUT2D eigenvalue weighted by atomic mass is 9.86. The summed E-state index contributed by atoms with van der Waals surface area (Å²) in [7, 11) is 0. The molecule has 7 heteroatoms. The molecule has 5 rings (SSSR count). The van der Waals surface area contributed by atoms with Gasteiger partial charge in [0.1, 0.15) is 5.82 Å². The second-order valence-electron chi connectivity index (χ2n) is 9.83. The lowest BCUT2D eigenvalue weighted by Gasteiger charge is -2.23. The number of aryl methyl sites for hydroxylation is 1. The van der Waals surface area contributed by atoms with Crippen molar-refractivity contribution in [3.8, 4) is 6.07 Å². The number of carbonyl (C=O) groups is 2. The highest BCUT2D eigenvalue weighted by molar-refractivity contribution is 6.05. The van der Waals surface area contributed by atoms with Gasteiger partial charge in [-0.25, -0.2) is 4.98 Å². The number of benzene rings is 2. The van der Waals surface area contributed by atoms with E-state index in [1.807, 2.05) is 30.2 Å². The molecule has 1 atom stereocenters. The van der Waals surface area contributed by atoms with Gasteiger partial charge in [0.25, 0.3) is 0 Å². The quantitative estimate of drug-likeness (QED) is 0.602. The zero-order valence-corrected chi connectivity index (χ0v) is 19.7. The largest absolute Gasteiger partial charge is 0.331 e. The number of hydrogen-bond donors (Lipinski definition) is 0. The molecule has 172 valence electrons. The average Bonchev–Trinajstić information content (AvgIpc) is 3.49. The maximum Gasteiger partial charge on any atom is 0.232 e. The van der Waals surface area contributed by atoms with E-state index in [9.17, 15) is 14.9 Å². The standard InChI is InChI=1S/C27H27N5O2/c1-18-29-9-10-30(18)15-20-7-8-24-23(12-20)27(2,3)17-32(24)26(34)21-13-25(33)31(16-21)22-6-4-5-19(11-22)14-28/h4-12,21H,13,15-17H2,1-3H3. The van der Waals surface area contributed by atoms with Gasteiger partial charge in [-0.3, -0.25) is 9.59 Å². The van der Waals surface area contributed by atoms with Crippen LogP contribution in [0.1, 0.15) is 42.8 Å². The molecule has 0 aliphatic carbocycles. The van der Waals surface area contributed by atoms with E-state index in [2.05, 4.69) is 41.6 Å². The van der Waals surface area contributed by atoms with E-state index >= 15 is 0 Å². The van der Waals surface area contributed by atoms with E-state index in [4.69, 9.17) is 0 Å². The Labute approximate surface area is 199 Å². The van der Waals surface area contributed by atoms with E-state index in [1.54, 1.807) is 29.3 Å². The predicted molar refractivity (Wildman–Crippen MR) is 130 cm³/mol. The second-order valence-corrected chi connectivity index (χ2v) is 9.83. The van der Waals surface area contributed by atoms with Gasteiger partial charge in [0.2, 0.25) is 11.8 Å². The van der Waals surface area contributed by atoms with Crippen molar-refractivity contribution in [2.45, 2.75) is 39.2 Å². The summed E-state index contributed by atoms with van der Waals surface area (Å²) in [5.41, 5.74) is 4.23. The first-order chi connectivity index (χ1) is 16.3. The van der Waals surface area contributed by atoms with Crippen molar-refractivity contribution in [3.05, 3.63) is 77.4 Å². The van der Waals surface area contributed by atoms with Gasteiger partial charge in [-0.2, -0.15) is 5.26 Å². The van der Waals surface area contributed by atoms with E-state index < -0.39 is 5.92 Å². The van der Waals surface area contributed by atoms with Crippen molar-refractivity contribution in [2.24, 2.45) is 5.92 Å². The van der Waals surface area contributed by atoms with Crippen LogP contribution in [0, 0.1) is 24.2 Å². The number of amides is 2. The maximum atomic E-state index is 13.6. The first kappa shape index (κ1) is 21.9. The minimum atomic E-state index is -0.409. The van der Waals surface area contributed by atoms with Crippen molar-refractivity contribution in [2.75, 3.05) is 22.9 Å². The Bertz CT molecular complexity index is 1330. The maximum absolute atomic E-state index is 13.6. The number of fused-ring (bicyclic) bond motifs is 1. The third kappa shape index (κ3) is 3.75. The molecule has 2 amide bonds. The highest BCUT2D eigenvalue weighted by atomic mass is 16.2. The van der Waals surface area contributed by atoms with E-state index in [0.717, 1.165) is 23.6 Å². The van der Waals surface area contributed by atoms with Crippen molar-refractivity contribution in [1.82, 2.24) is 9.55 Å². The molecular formula is C27H27N5O2. The zero-order valence-electron chi connectivity index (χ0n) is 19.7. The summed E-state index contributed by atoms with van der Waals surface area (Å²) >= 11 is 0. The average molecular weight is 454 g/mol. The van der Waals surface area contributed by atoms with Crippen LogP contribution >= 0.6 is 0 Å². The van der Waals surface area contributed by atoms with Crippen LogP contribution in [0.15, 0.2) is 54.9 Å². The summed E-state index contributed by atoms with van der Waals surface area (Å²) in [6.45, 7) is 7.95. The molecule has 1 unspecified atom stereocenters. The lowest BCUT2D eigenvalue weighted by Crippen LogP contribution is -2.39. The van der Waals surface area contributed by atoms with Crippen LogP contribution in [0.25, 0.3) is 0 Å². The number of carbonyl (C=O) groups excluding carboxylic acids is 2. The summed E-state index contributed by atoms with van der Waals surface area (Å²) in [5, 5.41) is 9.18. The highest BCUT2D eigenvalue weighted by Crippen LogP contribution is 2.42. The normalized spacial score (nSPS) is 18.8. The van der Waals surface area contributed by atoms with Crippen LogP contribution in [0.3, 0.4) is 0 Å². The summed E-state index contributed by atoms with van der Waals surface area (Å²) in [5.74, 6) is 0.455. The molecule has 1 saturated heterocycles. The number of imidazole rings is 1. The Balaban J connectivity index is 1.38. The summed E-state index contributed by atoms with van der Waals surface area (Å²) in [6.07, 6.45) is 3.95. The molecule has 7 nitrogen and oxygen atoms in total. The van der Waals surface area contributed by atoms with Crippen molar-refractivity contribution in [1.29, 1.82) is 5.26 Å². The minimum Gasteiger partial charge on any atom is -0.331 e. The number of aromatic nitrogens is 2. The third-order valence-electron chi connectivity index (χ3n) is 6.94. The molecular weight excluding hydrogens is 426 g/mol. The SMILES string of the molecule is Cc1nccn1Cc1ccc2c(c1)C(C)(C)CN2C(=O)C1CC(=O)N(c2cccc(C#N)c2)C1. The van der Waals surface area contributed by atoms with Gasteiger partial charge in [0.15, 0.2) is 0 Å². The van der Waals surface area contributed by atoms with Gasteiger partial charge >= 0.3 is 0 Å². The molecule has 0 saturated carbocycles. The van der Waals surface area contributed by atoms with Crippen LogP contribution in [-0.2, 0) is 21.5 Å². The predicted octanol–water partition coefficient (Wildman–Crippen LogP) is 3.79. The Hall–Kier alpha value is -3.92. The summed E-state index contributed by atoms with van der Waals surface area (Å²) in [6, 6.07) is 15.4. The fraction of sp³-hybridized carbons (Fsp3) is 0.333. The molecule has 34 heavy (non-hydrogen) atoms. The Morgan fingerprint density at radius 3 is 2.79 bits per heavy atom. The Morgan fingerprint density at radius 1 is 1.24 bits per heavy atom. The molecule has 2 aliphatic rings. The van der Waals surface area contributed by atoms with Crippen molar-refractivity contribution >= 4 is 23.2 Å². The van der Waals surface area contributed by atoms with Gasteiger partial charge < -0.3 is 14.4 Å². The molecule has 1 aromatic heterocycles. The molecule has 0 radical (unpaired) electrons. The summed E-state index contributed by atoms with van der Waals surface area (Å²) < 4.78 is 2.10. The molecule has 2 aromatic carbocycles. The fourth-order valence-corrected chi connectivity index (χ4v) is 5.08. The molecule has 1 fully saturated rings. The smallest absolute Gasteiger partial charge is 0.232 e. The van der Waals surface area contributed by atoms with Gasteiger partial charge in [-0.1, -0.05) is 32.0 Å². The van der Waals surface area contributed by atoms with Crippen LogP contribution in [-0.4, -0.2) is 34.5 Å². The number of nitriles is 1. The first-order valence-electron chi connectivity index (χ1n) is 11.5. The van der Waals surface area contributed by atoms with Gasteiger partial charge in [-0.15, -0.1) is 0 Å². The second kappa shape index (κ2) is 8.14. The van der Waals surface area contributed by atoms with Crippen LogP contribution in [0.4, 0.5) is 11.4 Å². The molecule has 0 spiro atoms. The molecule has 3 aromatic rings. The topological polar surface area (TPSA) is 82.2 Å². The first-order valence-corrected chi connectivity index (χ1v) is 11.5. The number of hydrogen-bond acceptors (Lipinski definition) is 4. The van der Waals surface area contributed by atoms with Crippen LogP contribution in [0.2, 0.25) is 0 Å². The number of nitrogens with zero attached hydrogens (tertiary/aromatic N) is 5. The summed E-state index contributed by atoms with van der Waals surface area (Å²) in [4.78, 5) is 34.2. The van der Waals surface area contributed by atoms with Gasteiger partial charge in [-0.05, 0) is 42.3 Å². The lowest BCUT2D eigenvalue weighted by molar-refractivity contribution is -0.124. The Kier molecular flexibility index (Phi) is 5.24. The van der Waals surface area contributed by atoms with E-state index in [1.165, 1.54) is 5.56 Å². The van der Waals surface area contributed by atoms with Crippen molar-refractivity contribution in [3.63, 3.8) is 0 Å². The highest BCUT2D eigenvalue weighted by Gasteiger charge is 2.43. The van der Waals surface area contributed by atoms with E-state index in [0.29, 0.717) is 24.3 Å². The van der Waals surface area contributed by atoms with Crippen LogP contribution in [0.5, 0.6) is 0 Å². The minimum absolute atomic E-state index is 0.0164. The molecule has 3 heterocycles. The molecule has 2 aliphatic heterocycles. The van der Waals surface area contributed by atoms with Gasteiger partial charge in [0.05, 0.1) is 17.6 Å². The zero-order chi connectivity index (χ0) is 24.0. The fourth-order valence-electron chi connectivity index (χ4n) is 5.08. The monoisotopic (exact) mass is 453 g/mol.